The van der Waals surface area contributed by atoms with Crippen LogP contribution in [0.4, 0.5) is 17.3 Å². The number of nitrogens with zero attached hydrogens (tertiary/aromatic N) is 2. The van der Waals surface area contributed by atoms with Crippen LogP contribution in [-0.2, 0) is 4.79 Å². The van der Waals surface area contributed by atoms with Gasteiger partial charge in [0.1, 0.15) is 0 Å². The van der Waals surface area contributed by atoms with Gasteiger partial charge in [0.05, 0.1) is 0 Å². The van der Waals surface area contributed by atoms with Crippen LogP contribution in [0, 0.1) is 0 Å². The molecule has 0 fully saturated rings. The van der Waals surface area contributed by atoms with Crippen molar-refractivity contribution in [2.75, 3.05) is 10.6 Å². The molecular weight excluding hydrogens is 332 g/mol. The standard InChI is InChI=1S/C15H17BrN4O/c1-2-3-7-15(21)18-14-9-8-13(19-20-14)17-12-6-4-5-11(16)10-12/h4-6,8-10H,2-3,7H2,1H3,(H,17,19)(H,18,20,21). The first-order valence-electron chi connectivity index (χ1n) is 6.83. The smallest absolute Gasteiger partial charge is 0.225 e. The minimum Gasteiger partial charge on any atom is -0.339 e. The zero-order chi connectivity index (χ0) is 15.1. The summed E-state index contributed by atoms with van der Waals surface area (Å²) in [5.74, 6) is 1.06. The lowest BCUT2D eigenvalue weighted by Gasteiger charge is -2.07. The maximum atomic E-state index is 11.6. The first kappa shape index (κ1) is 15.4. The molecule has 1 aromatic carbocycles. The molecule has 1 heterocycles. The highest BCUT2D eigenvalue weighted by atomic mass is 79.9. The molecule has 0 saturated carbocycles. The Hall–Kier alpha value is -1.95. The number of unbranched alkanes of at least 4 members (excludes halogenated alkanes) is 1. The van der Waals surface area contributed by atoms with Gasteiger partial charge in [-0.1, -0.05) is 35.3 Å². The highest BCUT2D eigenvalue weighted by Gasteiger charge is 2.04. The van der Waals surface area contributed by atoms with Crippen molar-refractivity contribution in [1.29, 1.82) is 0 Å². The van der Waals surface area contributed by atoms with Crippen molar-refractivity contribution < 1.29 is 4.79 Å². The van der Waals surface area contributed by atoms with Crippen LogP contribution in [0.1, 0.15) is 26.2 Å². The third-order valence-corrected chi connectivity index (χ3v) is 3.28. The first-order chi connectivity index (χ1) is 10.2. The van der Waals surface area contributed by atoms with Gasteiger partial charge >= 0.3 is 0 Å². The van der Waals surface area contributed by atoms with Crippen LogP contribution in [0.15, 0.2) is 40.9 Å². The lowest BCUT2D eigenvalue weighted by molar-refractivity contribution is -0.116. The molecular formula is C15H17BrN4O. The van der Waals surface area contributed by atoms with Gasteiger partial charge < -0.3 is 10.6 Å². The van der Waals surface area contributed by atoms with Crippen molar-refractivity contribution in [2.45, 2.75) is 26.2 Å². The van der Waals surface area contributed by atoms with Gasteiger partial charge in [0.25, 0.3) is 0 Å². The Kier molecular flexibility index (Phi) is 5.68. The molecule has 0 radical (unpaired) electrons. The molecule has 110 valence electrons. The van der Waals surface area contributed by atoms with Gasteiger partial charge in [-0.2, -0.15) is 0 Å². The number of carbonyl (C=O) groups excluding carboxylic acids is 1. The Labute approximate surface area is 132 Å². The highest BCUT2D eigenvalue weighted by Crippen LogP contribution is 2.19. The summed E-state index contributed by atoms with van der Waals surface area (Å²) in [7, 11) is 0. The maximum Gasteiger partial charge on any atom is 0.225 e. The van der Waals surface area contributed by atoms with Gasteiger partial charge in [0, 0.05) is 16.6 Å². The zero-order valence-electron chi connectivity index (χ0n) is 11.8. The van der Waals surface area contributed by atoms with Crippen LogP contribution in [0.25, 0.3) is 0 Å². The molecule has 2 aromatic rings. The first-order valence-corrected chi connectivity index (χ1v) is 7.63. The second kappa shape index (κ2) is 7.73. The van der Waals surface area contributed by atoms with E-state index < -0.39 is 0 Å². The number of hydrogen-bond acceptors (Lipinski definition) is 4. The van der Waals surface area contributed by atoms with E-state index in [1.165, 1.54) is 0 Å². The Morgan fingerprint density at radius 2 is 1.95 bits per heavy atom. The number of anilines is 3. The fourth-order valence-corrected chi connectivity index (χ4v) is 2.12. The second-order valence-corrected chi connectivity index (χ2v) is 5.51. The number of halogens is 1. The molecule has 0 unspecified atom stereocenters. The summed E-state index contributed by atoms with van der Waals surface area (Å²) in [4.78, 5) is 11.6. The van der Waals surface area contributed by atoms with E-state index in [0.717, 1.165) is 23.0 Å². The molecule has 0 aliphatic heterocycles. The molecule has 0 aliphatic rings. The Bertz CT molecular complexity index is 601. The summed E-state index contributed by atoms with van der Waals surface area (Å²) in [6.07, 6.45) is 2.38. The molecule has 6 heteroatoms. The molecule has 0 aliphatic carbocycles. The summed E-state index contributed by atoms with van der Waals surface area (Å²) in [5, 5.41) is 13.9. The molecule has 0 atom stereocenters. The normalized spacial score (nSPS) is 10.2. The van der Waals surface area contributed by atoms with Crippen molar-refractivity contribution in [3.63, 3.8) is 0 Å². The third-order valence-electron chi connectivity index (χ3n) is 2.79. The SMILES string of the molecule is CCCCC(=O)Nc1ccc(Nc2cccc(Br)c2)nn1. The molecule has 2 rings (SSSR count). The van der Waals surface area contributed by atoms with E-state index in [2.05, 4.69) is 43.7 Å². The van der Waals surface area contributed by atoms with Crippen LogP contribution in [0.3, 0.4) is 0 Å². The summed E-state index contributed by atoms with van der Waals surface area (Å²) < 4.78 is 0.986. The predicted octanol–water partition coefficient (Wildman–Crippen LogP) is 4.11. The van der Waals surface area contributed by atoms with Gasteiger partial charge in [-0.15, -0.1) is 10.2 Å². The highest BCUT2D eigenvalue weighted by molar-refractivity contribution is 9.10. The van der Waals surface area contributed by atoms with Gasteiger partial charge in [0.2, 0.25) is 5.91 Å². The van der Waals surface area contributed by atoms with Crippen molar-refractivity contribution in [3.05, 3.63) is 40.9 Å². The lowest BCUT2D eigenvalue weighted by Crippen LogP contribution is -2.12. The minimum atomic E-state index is -0.0288. The maximum absolute atomic E-state index is 11.6. The van der Waals surface area contributed by atoms with E-state index in [1.807, 2.05) is 24.3 Å². The fraction of sp³-hybridized carbons (Fsp3) is 0.267. The summed E-state index contributed by atoms with van der Waals surface area (Å²) in [5.41, 5.74) is 0.915. The van der Waals surface area contributed by atoms with Crippen LogP contribution in [0.2, 0.25) is 0 Å². The third kappa shape index (κ3) is 5.15. The monoisotopic (exact) mass is 348 g/mol. The zero-order valence-corrected chi connectivity index (χ0v) is 13.4. The molecule has 21 heavy (non-hydrogen) atoms. The van der Waals surface area contributed by atoms with Gasteiger partial charge in [-0.3, -0.25) is 4.79 Å². The summed E-state index contributed by atoms with van der Waals surface area (Å²) >= 11 is 3.41. The average Bonchev–Trinajstić information content (AvgIpc) is 2.47. The van der Waals surface area contributed by atoms with E-state index in [4.69, 9.17) is 0 Å². The number of carbonyl (C=O) groups is 1. The molecule has 2 N–H and O–H groups in total. The lowest BCUT2D eigenvalue weighted by atomic mass is 10.2. The van der Waals surface area contributed by atoms with Crippen LogP contribution in [-0.4, -0.2) is 16.1 Å². The van der Waals surface area contributed by atoms with Crippen molar-refractivity contribution in [2.24, 2.45) is 0 Å². The van der Waals surface area contributed by atoms with Crippen molar-refractivity contribution >= 4 is 39.2 Å². The number of hydrogen-bond donors (Lipinski definition) is 2. The van der Waals surface area contributed by atoms with Gasteiger partial charge in [-0.25, -0.2) is 0 Å². The number of benzene rings is 1. The molecule has 0 saturated heterocycles. The molecule has 0 spiro atoms. The van der Waals surface area contributed by atoms with E-state index in [-0.39, 0.29) is 5.91 Å². The average molecular weight is 349 g/mol. The molecule has 1 amide bonds. The quantitative estimate of drug-likeness (QED) is 0.824. The van der Waals surface area contributed by atoms with Gasteiger partial charge in [-0.05, 0) is 36.8 Å². The molecule has 5 nitrogen and oxygen atoms in total. The number of rotatable bonds is 6. The van der Waals surface area contributed by atoms with E-state index in [9.17, 15) is 4.79 Å². The van der Waals surface area contributed by atoms with Crippen LogP contribution >= 0.6 is 15.9 Å². The Balaban J connectivity index is 1.94. The minimum absolute atomic E-state index is 0.0288. The molecule has 1 aromatic heterocycles. The van der Waals surface area contributed by atoms with Crippen LogP contribution < -0.4 is 10.6 Å². The summed E-state index contributed by atoms with van der Waals surface area (Å²) in [6.45, 7) is 2.05. The van der Waals surface area contributed by atoms with Crippen molar-refractivity contribution in [1.82, 2.24) is 10.2 Å². The van der Waals surface area contributed by atoms with Crippen molar-refractivity contribution in [3.8, 4) is 0 Å². The number of amides is 1. The topological polar surface area (TPSA) is 66.9 Å². The predicted molar refractivity (Wildman–Crippen MR) is 87.6 cm³/mol. The van der Waals surface area contributed by atoms with E-state index in [1.54, 1.807) is 12.1 Å². The number of nitrogens with one attached hydrogen (secondary N) is 2. The summed E-state index contributed by atoms with van der Waals surface area (Å²) in [6, 6.07) is 11.3. The van der Waals surface area contributed by atoms with Gasteiger partial charge in [0.15, 0.2) is 11.6 Å². The largest absolute Gasteiger partial charge is 0.339 e. The second-order valence-electron chi connectivity index (χ2n) is 4.59. The number of aromatic nitrogens is 2. The molecule has 0 bridgehead atoms. The van der Waals surface area contributed by atoms with E-state index in [0.29, 0.717) is 18.1 Å². The van der Waals surface area contributed by atoms with Crippen LogP contribution in [0.5, 0.6) is 0 Å². The van der Waals surface area contributed by atoms with E-state index >= 15 is 0 Å². The fourth-order valence-electron chi connectivity index (χ4n) is 1.72. The Morgan fingerprint density at radius 1 is 1.19 bits per heavy atom. The Morgan fingerprint density at radius 3 is 2.62 bits per heavy atom.